The highest BCUT2D eigenvalue weighted by Crippen LogP contribution is 2.49. The van der Waals surface area contributed by atoms with Crippen LogP contribution in [0.15, 0.2) is 64.5 Å². The Morgan fingerprint density at radius 1 is 1.24 bits per heavy atom. The Hall–Kier alpha value is -3.61. The van der Waals surface area contributed by atoms with E-state index < -0.39 is 11.8 Å². The molecule has 0 spiro atoms. The Morgan fingerprint density at radius 3 is 2.76 bits per heavy atom. The van der Waals surface area contributed by atoms with E-state index in [9.17, 15) is 5.26 Å². The van der Waals surface area contributed by atoms with Crippen molar-refractivity contribution in [1.82, 2.24) is 10.2 Å². The summed E-state index contributed by atoms with van der Waals surface area (Å²) in [6, 6.07) is 19.8. The minimum absolute atomic E-state index is 0.135. The molecule has 2 aromatic carbocycles. The zero-order valence-corrected chi connectivity index (χ0v) is 20.4. The van der Waals surface area contributed by atoms with E-state index in [2.05, 4.69) is 32.2 Å². The summed E-state index contributed by atoms with van der Waals surface area (Å²) in [5.74, 6) is -0.0375. The zero-order chi connectivity index (χ0) is 23.7. The number of fused-ring (bicyclic) bond motifs is 1. The molecule has 9 heteroatoms. The number of H-pyrrole nitrogens is 1. The molecule has 0 amide bonds. The maximum absolute atomic E-state index is 9.97. The third kappa shape index (κ3) is 3.95. The van der Waals surface area contributed by atoms with Gasteiger partial charge < -0.3 is 14.2 Å². The molecule has 0 saturated carbocycles. The second kappa shape index (κ2) is 9.33. The van der Waals surface area contributed by atoms with Gasteiger partial charge in [-0.1, -0.05) is 36.4 Å². The van der Waals surface area contributed by atoms with Gasteiger partial charge in [0.2, 0.25) is 11.8 Å². The van der Waals surface area contributed by atoms with Gasteiger partial charge in [-0.2, -0.15) is 5.26 Å². The van der Waals surface area contributed by atoms with Crippen molar-refractivity contribution in [1.29, 1.82) is 10.7 Å². The SMILES string of the molecule is COc1cc(C2c3c(n[nH]c3-c3cccs3)OC(=N)C2C#N)cc(Br)c1OCc1ccccc1. The summed E-state index contributed by atoms with van der Waals surface area (Å²) in [5.41, 5.74) is 3.35. The molecule has 2 aromatic heterocycles. The van der Waals surface area contributed by atoms with Crippen molar-refractivity contribution in [3.05, 3.63) is 81.1 Å². The molecule has 0 radical (unpaired) electrons. The molecular formula is C25H19BrN4O3S. The van der Waals surface area contributed by atoms with Crippen LogP contribution in [-0.4, -0.2) is 23.2 Å². The van der Waals surface area contributed by atoms with Crippen LogP contribution in [0.2, 0.25) is 0 Å². The summed E-state index contributed by atoms with van der Waals surface area (Å²) in [6.07, 6.45) is 0. The summed E-state index contributed by atoms with van der Waals surface area (Å²) in [7, 11) is 1.58. The van der Waals surface area contributed by atoms with Crippen molar-refractivity contribution >= 4 is 33.2 Å². The molecule has 5 rings (SSSR count). The molecule has 0 bridgehead atoms. The molecule has 7 nitrogen and oxygen atoms in total. The van der Waals surface area contributed by atoms with Crippen LogP contribution in [0.4, 0.5) is 0 Å². The third-order valence-electron chi connectivity index (χ3n) is 5.65. The fraction of sp³-hybridized carbons (Fsp3) is 0.160. The van der Waals surface area contributed by atoms with Crippen LogP contribution in [0.3, 0.4) is 0 Å². The van der Waals surface area contributed by atoms with E-state index in [0.717, 1.165) is 27.3 Å². The van der Waals surface area contributed by atoms with E-state index in [1.54, 1.807) is 18.4 Å². The number of hydrogen-bond donors (Lipinski definition) is 2. The van der Waals surface area contributed by atoms with Gasteiger partial charge in [0.1, 0.15) is 12.5 Å². The topological polar surface area (TPSA) is 104 Å². The lowest BCUT2D eigenvalue weighted by atomic mass is 9.79. The minimum atomic E-state index is -0.823. The van der Waals surface area contributed by atoms with Crippen LogP contribution in [0.5, 0.6) is 17.4 Å². The number of hydrogen-bond acceptors (Lipinski definition) is 7. The van der Waals surface area contributed by atoms with Crippen molar-refractivity contribution in [2.75, 3.05) is 7.11 Å². The number of nitrogens with zero attached hydrogens (tertiary/aromatic N) is 2. The van der Waals surface area contributed by atoms with E-state index in [-0.39, 0.29) is 5.90 Å². The summed E-state index contributed by atoms with van der Waals surface area (Å²) < 4.78 is 18.1. The second-order valence-corrected chi connectivity index (χ2v) is 9.46. The first-order valence-electron chi connectivity index (χ1n) is 10.4. The second-order valence-electron chi connectivity index (χ2n) is 7.65. The summed E-state index contributed by atoms with van der Waals surface area (Å²) >= 11 is 5.19. The summed E-state index contributed by atoms with van der Waals surface area (Å²) in [6.45, 7) is 0.381. The van der Waals surface area contributed by atoms with Gasteiger partial charge in [0.25, 0.3) is 0 Å². The average Bonchev–Trinajstić information content (AvgIpc) is 3.52. The van der Waals surface area contributed by atoms with E-state index in [0.29, 0.717) is 28.5 Å². The summed E-state index contributed by atoms with van der Waals surface area (Å²) in [5, 5.41) is 27.6. The molecule has 34 heavy (non-hydrogen) atoms. The molecular weight excluding hydrogens is 516 g/mol. The van der Waals surface area contributed by atoms with Crippen LogP contribution in [0.25, 0.3) is 10.6 Å². The lowest BCUT2D eigenvalue weighted by molar-refractivity contribution is 0.282. The number of aromatic amines is 1. The van der Waals surface area contributed by atoms with Crippen LogP contribution < -0.4 is 14.2 Å². The Kier molecular flexibility index (Phi) is 6.09. The fourth-order valence-corrected chi connectivity index (χ4v) is 5.38. The number of thiophene rings is 1. The van der Waals surface area contributed by atoms with Crippen molar-refractivity contribution in [2.45, 2.75) is 12.5 Å². The molecule has 1 aliphatic heterocycles. The number of halogens is 1. The van der Waals surface area contributed by atoms with Gasteiger partial charge in [0, 0.05) is 5.92 Å². The predicted molar refractivity (Wildman–Crippen MR) is 133 cm³/mol. The standard InChI is InChI=1S/C25H19BrN4O3S/c1-31-18-11-15(10-17(26)23(18)32-13-14-6-3-2-4-7-14)20-16(12-27)24(28)33-25-21(20)22(29-30-25)19-8-5-9-34-19/h2-11,16,20,28H,13H2,1H3,(H,29,30). The van der Waals surface area contributed by atoms with Crippen molar-refractivity contribution in [3.8, 4) is 34.0 Å². The highest BCUT2D eigenvalue weighted by molar-refractivity contribution is 9.10. The molecule has 0 fully saturated rings. The predicted octanol–water partition coefficient (Wildman–Crippen LogP) is 6.13. The molecule has 3 heterocycles. The third-order valence-corrected chi connectivity index (χ3v) is 7.12. The number of aromatic nitrogens is 2. The first-order chi connectivity index (χ1) is 16.6. The number of nitriles is 1. The van der Waals surface area contributed by atoms with Gasteiger partial charge in [-0.3, -0.25) is 10.5 Å². The van der Waals surface area contributed by atoms with Crippen LogP contribution in [0.1, 0.15) is 22.6 Å². The largest absolute Gasteiger partial charge is 0.493 e. The molecule has 4 aromatic rings. The number of methoxy groups -OCH3 is 1. The fourth-order valence-electron chi connectivity index (χ4n) is 4.08. The van der Waals surface area contributed by atoms with Crippen LogP contribution >= 0.6 is 27.3 Å². The molecule has 0 saturated heterocycles. The Balaban J connectivity index is 1.59. The highest BCUT2D eigenvalue weighted by atomic mass is 79.9. The number of ether oxygens (including phenoxy) is 3. The molecule has 1 aliphatic rings. The Morgan fingerprint density at radius 2 is 2.06 bits per heavy atom. The molecule has 2 atom stereocenters. The smallest absolute Gasteiger partial charge is 0.244 e. The van der Waals surface area contributed by atoms with E-state index in [1.165, 1.54) is 0 Å². The van der Waals surface area contributed by atoms with E-state index in [1.807, 2.05) is 60.0 Å². The molecule has 0 aliphatic carbocycles. The number of benzene rings is 2. The average molecular weight is 535 g/mol. The maximum Gasteiger partial charge on any atom is 0.244 e. The lowest BCUT2D eigenvalue weighted by Crippen LogP contribution is -2.30. The molecule has 170 valence electrons. The maximum atomic E-state index is 9.97. The van der Waals surface area contributed by atoms with Crippen LogP contribution in [0, 0.1) is 22.7 Å². The quantitative estimate of drug-likeness (QED) is 0.309. The van der Waals surface area contributed by atoms with Crippen LogP contribution in [-0.2, 0) is 6.61 Å². The van der Waals surface area contributed by atoms with Gasteiger partial charge >= 0.3 is 0 Å². The van der Waals surface area contributed by atoms with Gasteiger partial charge in [-0.05, 0) is 50.6 Å². The molecule has 2 N–H and O–H groups in total. The molecule has 2 unspecified atom stereocenters. The first kappa shape index (κ1) is 22.2. The van der Waals surface area contributed by atoms with Gasteiger partial charge in [0.05, 0.1) is 33.8 Å². The number of rotatable bonds is 6. The zero-order valence-electron chi connectivity index (χ0n) is 18.0. The van der Waals surface area contributed by atoms with Crippen molar-refractivity contribution in [2.24, 2.45) is 5.92 Å². The normalized spacial score (nSPS) is 16.9. The van der Waals surface area contributed by atoms with Gasteiger partial charge in [0.15, 0.2) is 11.5 Å². The first-order valence-corrected chi connectivity index (χ1v) is 12.1. The lowest BCUT2D eigenvalue weighted by Gasteiger charge is -2.28. The van der Waals surface area contributed by atoms with Gasteiger partial charge in [-0.25, -0.2) is 0 Å². The highest BCUT2D eigenvalue weighted by Gasteiger charge is 2.41. The van der Waals surface area contributed by atoms with E-state index >= 15 is 0 Å². The monoisotopic (exact) mass is 534 g/mol. The number of nitrogens with one attached hydrogen (secondary N) is 2. The van der Waals surface area contributed by atoms with Gasteiger partial charge in [-0.15, -0.1) is 16.4 Å². The van der Waals surface area contributed by atoms with Crippen molar-refractivity contribution in [3.63, 3.8) is 0 Å². The van der Waals surface area contributed by atoms with Crippen molar-refractivity contribution < 1.29 is 14.2 Å². The summed E-state index contributed by atoms with van der Waals surface area (Å²) in [4.78, 5) is 0.973. The van der Waals surface area contributed by atoms with E-state index in [4.69, 9.17) is 19.6 Å². The Labute approximate surface area is 208 Å². The minimum Gasteiger partial charge on any atom is -0.493 e. The Bertz CT molecular complexity index is 1380.